The number of hydrogen-bond donors (Lipinski definition) is 3. The second-order valence-electron chi connectivity index (χ2n) is 5.21. The van der Waals surface area contributed by atoms with Gasteiger partial charge in [0.15, 0.2) is 0 Å². The zero-order valence-electron chi connectivity index (χ0n) is 12.1. The Labute approximate surface area is 126 Å². The van der Waals surface area contributed by atoms with E-state index in [2.05, 4.69) is 10.6 Å². The number of amides is 2. The van der Waals surface area contributed by atoms with Gasteiger partial charge in [0.25, 0.3) is 0 Å². The molecular weight excluding hydrogens is 282 g/mol. The molecule has 20 heavy (non-hydrogen) atoms. The van der Waals surface area contributed by atoms with Crippen LogP contribution in [0.25, 0.3) is 0 Å². The van der Waals surface area contributed by atoms with Crippen molar-refractivity contribution in [3.8, 4) is 0 Å². The molecule has 0 aliphatic heterocycles. The highest BCUT2D eigenvalue weighted by Gasteiger charge is 2.33. The van der Waals surface area contributed by atoms with Gasteiger partial charge < -0.3 is 21.1 Å². The molecule has 4 N–H and O–H groups in total. The Morgan fingerprint density at radius 2 is 1.85 bits per heavy atom. The van der Waals surface area contributed by atoms with Gasteiger partial charge in [-0.15, -0.1) is 12.4 Å². The van der Waals surface area contributed by atoms with E-state index in [9.17, 15) is 9.59 Å². The van der Waals surface area contributed by atoms with E-state index < -0.39 is 0 Å². The average molecular weight is 308 g/mol. The van der Waals surface area contributed by atoms with Crippen molar-refractivity contribution in [1.29, 1.82) is 0 Å². The Morgan fingerprint density at radius 3 is 2.40 bits per heavy atom. The van der Waals surface area contributed by atoms with Crippen molar-refractivity contribution in [2.75, 3.05) is 33.4 Å². The molecule has 1 fully saturated rings. The summed E-state index contributed by atoms with van der Waals surface area (Å²) in [7, 11) is 1.70. The molecule has 0 spiro atoms. The third-order valence-corrected chi connectivity index (χ3v) is 3.79. The number of nitrogens with one attached hydrogen (secondary N) is 2. The second kappa shape index (κ2) is 9.96. The van der Waals surface area contributed by atoms with Gasteiger partial charge in [-0.05, 0) is 24.7 Å². The molecule has 0 bridgehead atoms. The van der Waals surface area contributed by atoms with E-state index in [-0.39, 0.29) is 42.7 Å². The zero-order valence-corrected chi connectivity index (χ0v) is 12.9. The van der Waals surface area contributed by atoms with Crippen molar-refractivity contribution < 1.29 is 14.3 Å². The van der Waals surface area contributed by atoms with Gasteiger partial charge in [0.05, 0.1) is 13.1 Å². The van der Waals surface area contributed by atoms with Crippen LogP contribution >= 0.6 is 12.4 Å². The van der Waals surface area contributed by atoms with Gasteiger partial charge in [-0.2, -0.15) is 0 Å². The minimum atomic E-state index is -0.315. The zero-order chi connectivity index (χ0) is 14.1. The lowest BCUT2D eigenvalue weighted by Gasteiger charge is -2.29. The molecule has 0 aromatic rings. The minimum absolute atomic E-state index is 0. The largest absolute Gasteiger partial charge is 0.385 e. The van der Waals surface area contributed by atoms with Crippen LogP contribution in [0.15, 0.2) is 0 Å². The van der Waals surface area contributed by atoms with Crippen LogP contribution in [0, 0.1) is 5.41 Å². The fraction of sp³-hybridized carbons (Fsp3) is 0.846. The van der Waals surface area contributed by atoms with E-state index in [0.29, 0.717) is 6.54 Å². The van der Waals surface area contributed by atoms with Gasteiger partial charge in [-0.1, -0.05) is 12.8 Å². The highest BCUT2D eigenvalue weighted by atomic mass is 35.5. The van der Waals surface area contributed by atoms with Crippen molar-refractivity contribution in [2.45, 2.75) is 32.1 Å². The molecule has 1 aliphatic carbocycles. The van der Waals surface area contributed by atoms with Crippen molar-refractivity contribution in [3.63, 3.8) is 0 Å². The Morgan fingerprint density at radius 1 is 1.20 bits per heavy atom. The molecule has 1 saturated carbocycles. The normalized spacial score (nSPS) is 16.3. The molecule has 0 saturated heterocycles. The Balaban J connectivity index is 0.00000361. The second-order valence-corrected chi connectivity index (χ2v) is 5.21. The Kier molecular flexibility index (Phi) is 9.54. The number of carbonyl (C=O) groups excluding carboxylic acids is 2. The monoisotopic (exact) mass is 307 g/mol. The van der Waals surface area contributed by atoms with E-state index >= 15 is 0 Å². The quantitative estimate of drug-likeness (QED) is 0.597. The van der Waals surface area contributed by atoms with Gasteiger partial charge in [-0.25, -0.2) is 0 Å². The third kappa shape index (κ3) is 6.54. The summed E-state index contributed by atoms with van der Waals surface area (Å²) in [5, 5.41) is 5.37. The Bertz CT molecular complexity index is 307. The molecule has 7 heteroatoms. The van der Waals surface area contributed by atoms with Crippen LogP contribution in [-0.4, -0.2) is 45.2 Å². The number of methoxy groups -OCH3 is 1. The van der Waals surface area contributed by atoms with Crippen LogP contribution in [0.1, 0.15) is 32.1 Å². The maximum Gasteiger partial charge on any atom is 0.239 e. The minimum Gasteiger partial charge on any atom is -0.385 e. The van der Waals surface area contributed by atoms with Crippen molar-refractivity contribution in [3.05, 3.63) is 0 Å². The van der Waals surface area contributed by atoms with E-state index in [4.69, 9.17) is 10.5 Å². The van der Waals surface area contributed by atoms with Gasteiger partial charge in [0, 0.05) is 20.3 Å². The number of ether oxygens (including phenoxy) is 1. The highest BCUT2D eigenvalue weighted by molar-refractivity contribution is 5.85. The summed E-state index contributed by atoms with van der Waals surface area (Å²) in [5.41, 5.74) is 5.32. The molecular formula is C13H26ClN3O3. The van der Waals surface area contributed by atoms with Crippen LogP contribution < -0.4 is 16.4 Å². The number of hydrogen-bond acceptors (Lipinski definition) is 4. The van der Waals surface area contributed by atoms with Crippen LogP contribution in [0.3, 0.4) is 0 Å². The molecule has 0 unspecified atom stereocenters. The first kappa shape index (κ1) is 19.1. The first-order chi connectivity index (χ1) is 9.12. The molecule has 118 valence electrons. The smallest absolute Gasteiger partial charge is 0.239 e. The molecule has 1 aliphatic rings. The van der Waals surface area contributed by atoms with E-state index in [0.717, 1.165) is 25.9 Å². The van der Waals surface area contributed by atoms with Crippen LogP contribution in [0.4, 0.5) is 0 Å². The summed E-state index contributed by atoms with van der Waals surface area (Å²) < 4.78 is 5.15. The Hall–Kier alpha value is -0.850. The molecule has 6 nitrogen and oxygen atoms in total. The SMILES string of the molecule is COCCC1(CNC(=O)CNC(=O)CN)CCCC1.Cl. The molecule has 1 rings (SSSR count). The van der Waals surface area contributed by atoms with Crippen LogP contribution in [0.5, 0.6) is 0 Å². The lowest BCUT2D eigenvalue weighted by molar-refractivity contribution is -0.125. The van der Waals surface area contributed by atoms with Gasteiger partial charge in [-0.3, -0.25) is 9.59 Å². The van der Waals surface area contributed by atoms with Crippen molar-refractivity contribution >= 4 is 24.2 Å². The average Bonchev–Trinajstić information content (AvgIpc) is 2.89. The fourth-order valence-electron chi connectivity index (χ4n) is 2.56. The number of halogens is 1. The maximum absolute atomic E-state index is 11.6. The molecule has 0 heterocycles. The number of carbonyl (C=O) groups is 2. The summed E-state index contributed by atoms with van der Waals surface area (Å²) in [6.45, 7) is 1.29. The van der Waals surface area contributed by atoms with Crippen LogP contribution in [0.2, 0.25) is 0 Å². The van der Waals surface area contributed by atoms with Gasteiger partial charge >= 0.3 is 0 Å². The summed E-state index contributed by atoms with van der Waals surface area (Å²) >= 11 is 0. The van der Waals surface area contributed by atoms with Gasteiger partial charge in [0.2, 0.25) is 11.8 Å². The molecule has 0 radical (unpaired) electrons. The summed E-state index contributed by atoms with van der Waals surface area (Å²) in [4.78, 5) is 22.6. The third-order valence-electron chi connectivity index (χ3n) is 3.79. The molecule has 2 amide bonds. The summed E-state index contributed by atoms with van der Waals surface area (Å²) in [5.74, 6) is -0.476. The molecule has 0 atom stereocenters. The van der Waals surface area contributed by atoms with Gasteiger partial charge in [0.1, 0.15) is 0 Å². The van der Waals surface area contributed by atoms with Crippen molar-refractivity contribution in [2.24, 2.45) is 11.1 Å². The first-order valence-corrected chi connectivity index (χ1v) is 6.84. The standard InChI is InChI=1S/C13H25N3O3.ClH/c1-19-7-6-13(4-2-3-5-13)10-16-12(18)9-15-11(17)8-14;/h2-10,14H2,1H3,(H,15,17)(H,16,18);1H. The first-order valence-electron chi connectivity index (χ1n) is 6.84. The van der Waals surface area contributed by atoms with E-state index in [1.165, 1.54) is 12.8 Å². The highest BCUT2D eigenvalue weighted by Crippen LogP contribution is 2.40. The van der Waals surface area contributed by atoms with E-state index in [1.54, 1.807) is 7.11 Å². The molecule has 0 aromatic heterocycles. The fourth-order valence-corrected chi connectivity index (χ4v) is 2.56. The summed E-state index contributed by atoms with van der Waals surface area (Å²) in [6, 6.07) is 0. The number of nitrogens with two attached hydrogens (primary N) is 1. The predicted molar refractivity (Wildman–Crippen MR) is 79.7 cm³/mol. The predicted octanol–water partition coefficient (Wildman–Crippen LogP) is 0.196. The topological polar surface area (TPSA) is 93.5 Å². The number of rotatable bonds is 8. The lowest BCUT2D eigenvalue weighted by Crippen LogP contribution is -2.43. The van der Waals surface area contributed by atoms with E-state index in [1.807, 2.05) is 0 Å². The lowest BCUT2D eigenvalue weighted by atomic mass is 9.83. The summed E-state index contributed by atoms with van der Waals surface area (Å²) in [6.07, 6.45) is 5.66. The van der Waals surface area contributed by atoms with Crippen LogP contribution in [-0.2, 0) is 14.3 Å². The van der Waals surface area contributed by atoms with Crippen molar-refractivity contribution in [1.82, 2.24) is 10.6 Å². The molecule has 0 aromatic carbocycles. The maximum atomic E-state index is 11.6.